The summed E-state index contributed by atoms with van der Waals surface area (Å²) in [6.07, 6.45) is 0.540. The van der Waals surface area contributed by atoms with Gasteiger partial charge in [0.2, 0.25) is 23.6 Å². The molecule has 14 heteroatoms. The van der Waals surface area contributed by atoms with Crippen LogP contribution >= 0.6 is 0 Å². The number of benzene rings is 1. The van der Waals surface area contributed by atoms with Gasteiger partial charge in [-0.2, -0.15) is 0 Å². The Kier molecular flexibility index (Phi) is 14.0. The second-order valence-corrected chi connectivity index (χ2v) is 9.25. The largest absolute Gasteiger partial charge is 0.480 e. The van der Waals surface area contributed by atoms with Gasteiger partial charge in [-0.1, -0.05) is 50.6 Å². The number of carboxylic acid groups (broad SMARTS) is 1. The van der Waals surface area contributed by atoms with E-state index in [0.29, 0.717) is 18.4 Å². The zero-order chi connectivity index (χ0) is 29.5. The van der Waals surface area contributed by atoms with Gasteiger partial charge in [0.1, 0.15) is 18.1 Å². The van der Waals surface area contributed by atoms with Crippen LogP contribution in [0.25, 0.3) is 0 Å². The summed E-state index contributed by atoms with van der Waals surface area (Å²) < 4.78 is 0. The SMILES string of the molecule is CCC(C)C(NC(=O)C(CC(N)=O)NC(=O)C(N)CCCN=C(N)N)C(=O)NC(Cc1ccccc1)C(=O)O. The molecule has 0 bridgehead atoms. The highest BCUT2D eigenvalue weighted by atomic mass is 16.4. The topological polar surface area (TPSA) is 258 Å². The molecule has 216 valence electrons. The lowest BCUT2D eigenvalue weighted by molar-refractivity contribution is -0.142. The summed E-state index contributed by atoms with van der Waals surface area (Å²) in [4.78, 5) is 66.1. The van der Waals surface area contributed by atoms with Crippen LogP contribution < -0.4 is 38.9 Å². The minimum atomic E-state index is -1.40. The summed E-state index contributed by atoms with van der Waals surface area (Å²) in [5, 5.41) is 17.1. The summed E-state index contributed by atoms with van der Waals surface area (Å²) in [6.45, 7) is 3.74. The Labute approximate surface area is 227 Å². The fraction of sp³-hybridized carbons (Fsp3) is 0.520. The smallest absolute Gasteiger partial charge is 0.326 e. The van der Waals surface area contributed by atoms with Crippen LogP contribution in [-0.2, 0) is 30.4 Å². The first-order chi connectivity index (χ1) is 18.3. The van der Waals surface area contributed by atoms with Crippen molar-refractivity contribution in [2.24, 2.45) is 33.8 Å². The molecule has 0 aliphatic carbocycles. The van der Waals surface area contributed by atoms with Crippen LogP contribution in [0.4, 0.5) is 0 Å². The molecule has 5 unspecified atom stereocenters. The third-order valence-electron chi connectivity index (χ3n) is 6.03. The first-order valence-electron chi connectivity index (χ1n) is 12.6. The lowest BCUT2D eigenvalue weighted by Crippen LogP contribution is -2.59. The number of amides is 4. The number of rotatable bonds is 17. The Morgan fingerprint density at radius 1 is 0.923 bits per heavy atom. The van der Waals surface area contributed by atoms with E-state index in [9.17, 15) is 29.1 Å². The molecular weight excluding hydrogens is 508 g/mol. The van der Waals surface area contributed by atoms with Crippen LogP contribution in [0.2, 0.25) is 0 Å². The highest BCUT2D eigenvalue weighted by molar-refractivity contribution is 5.96. The molecule has 5 atom stereocenters. The van der Waals surface area contributed by atoms with E-state index in [1.54, 1.807) is 44.2 Å². The molecule has 1 aromatic carbocycles. The zero-order valence-corrected chi connectivity index (χ0v) is 22.3. The Morgan fingerprint density at radius 2 is 1.54 bits per heavy atom. The van der Waals surface area contributed by atoms with Crippen LogP contribution in [0.3, 0.4) is 0 Å². The van der Waals surface area contributed by atoms with E-state index < -0.39 is 66.1 Å². The fourth-order valence-electron chi connectivity index (χ4n) is 3.61. The van der Waals surface area contributed by atoms with Crippen molar-refractivity contribution in [1.82, 2.24) is 16.0 Å². The quantitative estimate of drug-likeness (QED) is 0.0611. The second-order valence-electron chi connectivity index (χ2n) is 9.25. The van der Waals surface area contributed by atoms with Crippen LogP contribution in [0.1, 0.15) is 45.1 Å². The van der Waals surface area contributed by atoms with E-state index in [2.05, 4.69) is 20.9 Å². The third kappa shape index (κ3) is 12.3. The molecule has 4 amide bonds. The number of hydrogen-bond acceptors (Lipinski definition) is 7. The number of carboxylic acids is 1. The van der Waals surface area contributed by atoms with Crippen molar-refractivity contribution in [3.8, 4) is 0 Å². The van der Waals surface area contributed by atoms with Crippen LogP contribution in [0.15, 0.2) is 35.3 Å². The molecule has 0 heterocycles. The molecule has 1 aromatic rings. The van der Waals surface area contributed by atoms with Crippen LogP contribution in [0, 0.1) is 5.92 Å². The number of nitrogens with zero attached hydrogens (tertiary/aromatic N) is 1. The number of aliphatic carboxylic acids is 1. The number of hydrogen-bond donors (Lipinski definition) is 8. The number of nitrogens with two attached hydrogens (primary N) is 4. The molecule has 0 aliphatic rings. The van der Waals surface area contributed by atoms with E-state index in [0.717, 1.165) is 0 Å². The average molecular weight is 549 g/mol. The lowest BCUT2D eigenvalue weighted by Gasteiger charge is -2.28. The Morgan fingerprint density at radius 3 is 2.08 bits per heavy atom. The van der Waals surface area contributed by atoms with Gasteiger partial charge in [0.15, 0.2) is 5.96 Å². The Bertz CT molecular complexity index is 1020. The maximum atomic E-state index is 13.1. The van der Waals surface area contributed by atoms with Crippen molar-refractivity contribution in [2.75, 3.05) is 6.54 Å². The number of guanidine groups is 1. The van der Waals surface area contributed by atoms with Gasteiger partial charge in [0.25, 0.3) is 0 Å². The molecule has 12 N–H and O–H groups in total. The number of carbonyl (C=O) groups excluding carboxylic acids is 4. The Hall–Kier alpha value is -4.20. The Balaban J connectivity index is 2.96. The van der Waals surface area contributed by atoms with Crippen molar-refractivity contribution < 1.29 is 29.1 Å². The van der Waals surface area contributed by atoms with Gasteiger partial charge < -0.3 is 44.0 Å². The van der Waals surface area contributed by atoms with Gasteiger partial charge in [-0.05, 0) is 24.3 Å². The number of aliphatic imine (C=N–C) groups is 1. The number of nitrogens with one attached hydrogen (secondary N) is 3. The molecular formula is C25H40N8O6. The number of carbonyl (C=O) groups is 5. The van der Waals surface area contributed by atoms with Crippen molar-refractivity contribution in [2.45, 2.75) is 70.1 Å². The average Bonchev–Trinajstić information content (AvgIpc) is 2.88. The molecule has 0 saturated carbocycles. The minimum Gasteiger partial charge on any atom is -0.480 e. The monoisotopic (exact) mass is 548 g/mol. The third-order valence-corrected chi connectivity index (χ3v) is 6.03. The lowest BCUT2D eigenvalue weighted by atomic mass is 9.96. The van der Waals surface area contributed by atoms with Gasteiger partial charge in [-0.3, -0.25) is 24.2 Å². The van der Waals surface area contributed by atoms with E-state index in [1.807, 2.05) is 0 Å². The molecule has 0 aromatic heterocycles. The van der Waals surface area contributed by atoms with Gasteiger partial charge in [-0.25, -0.2) is 4.79 Å². The maximum absolute atomic E-state index is 13.1. The van der Waals surface area contributed by atoms with Crippen molar-refractivity contribution >= 4 is 35.6 Å². The summed E-state index contributed by atoms with van der Waals surface area (Å²) >= 11 is 0. The maximum Gasteiger partial charge on any atom is 0.326 e. The highest BCUT2D eigenvalue weighted by Gasteiger charge is 2.33. The van der Waals surface area contributed by atoms with E-state index in [-0.39, 0.29) is 25.3 Å². The first kappa shape index (κ1) is 32.8. The standard InChI is InChI=1S/C25H40N8O6/c1-3-14(2)20(23(37)32-18(24(38)39)12-15-8-5-4-6-9-15)33-22(36)17(13-19(27)34)31-21(35)16(26)10-7-11-30-25(28)29/h4-6,8-9,14,16-18,20H,3,7,10-13,26H2,1-2H3,(H2,27,34)(H,31,35)(H,32,37)(H,33,36)(H,38,39)(H4,28,29,30). The van der Waals surface area contributed by atoms with Gasteiger partial charge in [-0.15, -0.1) is 0 Å². The van der Waals surface area contributed by atoms with Gasteiger partial charge >= 0.3 is 5.97 Å². The van der Waals surface area contributed by atoms with E-state index >= 15 is 0 Å². The van der Waals surface area contributed by atoms with Crippen molar-refractivity contribution in [3.63, 3.8) is 0 Å². The minimum absolute atomic E-state index is 0.0323. The molecule has 14 nitrogen and oxygen atoms in total. The summed E-state index contributed by atoms with van der Waals surface area (Å²) in [5.41, 5.74) is 22.4. The zero-order valence-electron chi connectivity index (χ0n) is 22.3. The van der Waals surface area contributed by atoms with E-state index in [4.69, 9.17) is 22.9 Å². The van der Waals surface area contributed by atoms with Crippen molar-refractivity contribution in [3.05, 3.63) is 35.9 Å². The van der Waals surface area contributed by atoms with Crippen LogP contribution in [0.5, 0.6) is 0 Å². The fourth-order valence-corrected chi connectivity index (χ4v) is 3.61. The predicted octanol–water partition coefficient (Wildman–Crippen LogP) is -1.93. The van der Waals surface area contributed by atoms with Crippen LogP contribution in [-0.4, -0.2) is 71.4 Å². The normalized spacial score (nSPS) is 14.5. The predicted molar refractivity (Wildman–Crippen MR) is 145 cm³/mol. The van der Waals surface area contributed by atoms with Gasteiger partial charge in [0.05, 0.1) is 12.5 Å². The molecule has 0 aliphatic heterocycles. The molecule has 0 saturated heterocycles. The van der Waals surface area contributed by atoms with E-state index in [1.165, 1.54) is 0 Å². The molecule has 0 spiro atoms. The van der Waals surface area contributed by atoms with Gasteiger partial charge in [0, 0.05) is 13.0 Å². The van der Waals surface area contributed by atoms with Crippen molar-refractivity contribution in [1.29, 1.82) is 0 Å². The summed E-state index contributed by atoms with van der Waals surface area (Å²) in [5.74, 6) is -4.89. The summed E-state index contributed by atoms with van der Waals surface area (Å²) in [7, 11) is 0. The second kappa shape index (κ2) is 16.6. The first-order valence-corrected chi connectivity index (χ1v) is 12.6. The molecule has 1 rings (SSSR count). The molecule has 0 radical (unpaired) electrons. The molecule has 0 fully saturated rings. The summed E-state index contributed by atoms with van der Waals surface area (Å²) in [6, 6.07) is 3.93. The molecule has 39 heavy (non-hydrogen) atoms. The highest BCUT2D eigenvalue weighted by Crippen LogP contribution is 2.11. The number of primary amides is 1.